The topological polar surface area (TPSA) is 46.2 Å². The van der Waals surface area contributed by atoms with Gasteiger partial charge in [0.1, 0.15) is 0 Å². The predicted octanol–water partition coefficient (Wildman–Crippen LogP) is 1.81. The Kier molecular flexibility index (Phi) is 2.16. The molecule has 0 aromatic heterocycles. The molecule has 2 fully saturated rings. The Morgan fingerprint density at radius 3 is 2.15 bits per heavy atom. The maximum absolute atomic E-state index is 9.70. The van der Waals surface area contributed by atoms with Gasteiger partial charge in [0.05, 0.1) is 5.60 Å². The number of hydrogen-bond donors (Lipinski definition) is 2. The lowest BCUT2D eigenvalue weighted by Gasteiger charge is -2.54. The molecule has 0 bridgehead atoms. The lowest BCUT2D eigenvalue weighted by Crippen LogP contribution is -2.64. The molecule has 0 radical (unpaired) electrons. The molecule has 2 nitrogen and oxygen atoms in total. The average molecular weight is 183 g/mol. The Morgan fingerprint density at radius 1 is 1.15 bits per heavy atom. The second-order valence-electron chi connectivity index (χ2n) is 5.42. The summed E-state index contributed by atoms with van der Waals surface area (Å²) in [6, 6.07) is 0. The minimum Gasteiger partial charge on any atom is -0.390 e. The predicted molar refractivity (Wildman–Crippen MR) is 53.4 cm³/mol. The molecule has 2 heteroatoms. The lowest BCUT2D eigenvalue weighted by molar-refractivity contribution is -0.0971. The quantitative estimate of drug-likeness (QED) is 0.651. The highest BCUT2D eigenvalue weighted by atomic mass is 16.3. The zero-order valence-electron chi connectivity index (χ0n) is 8.55. The van der Waals surface area contributed by atoms with Crippen LogP contribution in [0, 0.1) is 5.92 Å². The number of hydrogen-bond acceptors (Lipinski definition) is 2. The number of nitrogens with two attached hydrogens (primary N) is 1. The standard InChI is InChI=1S/C11H21NO/c1-10(13)7-11(12,8-10)9-5-3-2-4-6-9/h9,13H,2-8,12H2,1H3. The summed E-state index contributed by atoms with van der Waals surface area (Å²) in [5.74, 6) is 0.682. The second kappa shape index (κ2) is 2.96. The summed E-state index contributed by atoms with van der Waals surface area (Å²) >= 11 is 0. The van der Waals surface area contributed by atoms with E-state index in [-0.39, 0.29) is 5.54 Å². The molecule has 0 heterocycles. The molecule has 0 amide bonds. The van der Waals surface area contributed by atoms with E-state index in [9.17, 15) is 5.11 Å². The van der Waals surface area contributed by atoms with Crippen LogP contribution >= 0.6 is 0 Å². The molecule has 0 atom stereocenters. The van der Waals surface area contributed by atoms with Crippen LogP contribution in [-0.2, 0) is 0 Å². The third-order valence-corrected chi connectivity index (χ3v) is 3.84. The van der Waals surface area contributed by atoms with Gasteiger partial charge in [0.15, 0.2) is 0 Å². The summed E-state index contributed by atoms with van der Waals surface area (Å²) in [4.78, 5) is 0. The van der Waals surface area contributed by atoms with Crippen molar-refractivity contribution < 1.29 is 5.11 Å². The molecule has 2 aliphatic rings. The summed E-state index contributed by atoms with van der Waals surface area (Å²) < 4.78 is 0. The summed E-state index contributed by atoms with van der Waals surface area (Å²) in [6.07, 6.45) is 8.25. The van der Waals surface area contributed by atoms with E-state index in [4.69, 9.17) is 5.73 Å². The fraction of sp³-hybridized carbons (Fsp3) is 1.00. The average Bonchev–Trinajstić information content (AvgIpc) is 2.02. The van der Waals surface area contributed by atoms with Crippen molar-refractivity contribution in [3.8, 4) is 0 Å². The monoisotopic (exact) mass is 183 g/mol. The Hall–Kier alpha value is -0.0800. The van der Waals surface area contributed by atoms with Crippen LogP contribution in [0.1, 0.15) is 51.9 Å². The Morgan fingerprint density at radius 2 is 1.69 bits per heavy atom. The Balaban J connectivity index is 1.93. The van der Waals surface area contributed by atoms with Crippen molar-refractivity contribution >= 4 is 0 Å². The highest BCUT2D eigenvalue weighted by Crippen LogP contribution is 2.48. The van der Waals surface area contributed by atoms with Gasteiger partial charge in [-0.1, -0.05) is 19.3 Å². The zero-order valence-corrected chi connectivity index (χ0v) is 8.55. The third-order valence-electron chi connectivity index (χ3n) is 3.84. The van der Waals surface area contributed by atoms with Crippen molar-refractivity contribution in [3.05, 3.63) is 0 Å². The SMILES string of the molecule is CC1(O)CC(N)(C2CCCCC2)C1. The summed E-state index contributed by atoms with van der Waals surface area (Å²) in [6.45, 7) is 1.90. The lowest BCUT2D eigenvalue weighted by atomic mass is 9.58. The molecule has 2 aliphatic carbocycles. The molecule has 0 spiro atoms. The fourth-order valence-electron chi connectivity index (χ4n) is 3.33. The van der Waals surface area contributed by atoms with Gasteiger partial charge in [-0.3, -0.25) is 0 Å². The molecule has 0 unspecified atom stereocenters. The molecule has 13 heavy (non-hydrogen) atoms. The molecule has 2 rings (SSSR count). The van der Waals surface area contributed by atoms with Crippen LogP contribution in [0.15, 0.2) is 0 Å². The van der Waals surface area contributed by atoms with Crippen molar-refractivity contribution in [3.63, 3.8) is 0 Å². The van der Waals surface area contributed by atoms with Crippen LogP contribution in [0.2, 0.25) is 0 Å². The van der Waals surface area contributed by atoms with E-state index in [0.29, 0.717) is 5.92 Å². The minimum atomic E-state index is -0.466. The Bertz CT molecular complexity index is 186. The first kappa shape index (κ1) is 9.47. The smallest absolute Gasteiger partial charge is 0.0655 e. The van der Waals surface area contributed by atoms with Crippen molar-refractivity contribution in [2.24, 2.45) is 11.7 Å². The van der Waals surface area contributed by atoms with Crippen LogP contribution < -0.4 is 5.73 Å². The Labute approximate surface area is 80.5 Å². The maximum Gasteiger partial charge on any atom is 0.0655 e. The van der Waals surface area contributed by atoms with Crippen LogP contribution in [-0.4, -0.2) is 16.2 Å². The molecule has 0 aromatic rings. The van der Waals surface area contributed by atoms with Gasteiger partial charge in [-0.25, -0.2) is 0 Å². The van der Waals surface area contributed by atoms with Crippen LogP contribution in [0.25, 0.3) is 0 Å². The first-order valence-corrected chi connectivity index (χ1v) is 5.53. The van der Waals surface area contributed by atoms with Gasteiger partial charge >= 0.3 is 0 Å². The van der Waals surface area contributed by atoms with E-state index in [2.05, 4.69) is 0 Å². The molecule has 0 aromatic carbocycles. The van der Waals surface area contributed by atoms with E-state index in [0.717, 1.165) is 12.8 Å². The molecule has 0 saturated heterocycles. The number of rotatable bonds is 1. The molecule has 2 saturated carbocycles. The maximum atomic E-state index is 9.70. The minimum absolute atomic E-state index is 0.0239. The normalized spacial score (nSPS) is 47.3. The van der Waals surface area contributed by atoms with E-state index >= 15 is 0 Å². The van der Waals surface area contributed by atoms with Crippen LogP contribution in [0.4, 0.5) is 0 Å². The van der Waals surface area contributed by atoms with Crippen molar-refractivity contribution in [1.29, 1.82) is 0 Å². The van der Waals surface area contributed by atoms with Gasteiger partial charge in [-0.05, 0) is 38.5 Å². The van der Waals surface area contributed by atoms with Gasteiger partial charge in [0, 0.05) is 5.54 Å². The van der Waals surface area contributed by atoms with Crippen molar-refractivity contribution in [2.75, 3.05) is 0 Å². The fourth-order valence-corrected chi connectivity index (χ4v) is 3.33. The summed E-state index contributed by atoms with van der Waals surface area (Å²) in [5.41, 5.74) is 5.80. The number of aliphatic hydroxyl groups is 1. The van der Waals surface area contributed by atoms with E-state index in [1.165, 1.54) is 32.1 Å². The summed E-state index contributed by atoms with van der Waals surface area (Å²) in [7, 11) is 0. The van der Waals surface area contributed by atoms with Gasteiger partial charge in [0.2, 0.25) is 0 Å². The highest BCUT2D eigenvalue weighted by molar-refractivity contribution is 5.09. The molecule has 76 valence electrons. The van der Waals surface area contributed by atoms with Gasteiger partial charge in [-0.15, -0.1) is 0 Å². The van der Waals surface area contributed by atoms with E-state index in [1.54, 1.807) is 0 Å². The summed E-state index contributed by atoms with van der Waals surface area (Å²) in [5, 5.41) is 9.70. The largest absolute Gasteiger partial charge is 0.390 e. The molecule has 0 aliphatic heterocycles. The van der Waals surface area contributed by atoms with Crippen LogP contribution in [0.3, 0.4) is 0 Å². The molecule has 3 N–H and O–H groups in total. The molecular formula is C11H21NO. The van der Waals surface area contributed by atoms with Crippen molar-refractivity contribution in [2.45, 2.75) is 63.0 Å². The van der Waals surface area contributed by atoms with Crippen molar-refractivity contribution in [1.82, 2.24) is 0 Å². The first-order valence-electron chi connectivity index (χ1n) is 5.53. The van der Waals surface area contributed by atoms with Gasteiger partial charge < -0.3 is 10.8 Å². The first-order chi connectivity index (χ1) is 6.02. The van der Waals surface area contributed by atoms with Gasteiger partial charge in [-0.2, -0.15) is 0 Å². The third kappa shape index (κ3) is 1.75. The zero-order chi connectivity index (χ0) is 9.53. The second-order valence-corrected chi connectivity index (χ2v) is 5.42. The van der Waals surface area contributed by atoms with E-state index in [1.807, 2.05) is 6.92 Å². The highest BCUT2D eigenvalue weighted by Gasteiger charge is 2.52. The van der Waals surface area contributed by atoms with E-state index < -0.39 is 5.60 Å². The molecular weight excluding hydrogens is 162 g/mol. The van der Waals surface area contributed by atoms with Gasteiger partial charge in [0.25, 0.3) is 0 Å². The van der Waals surface area contributed by atoms with Crippen LogP contribution in [0.5, 0.6) is 0 Å².